The normalized spacial score (nSPS) is 18.8. The topological polar surface area (TPSA) is 85.5 Å². The average molecular weight is 442 g/mol. The molecule has 1 saturated carbocycles. The molecule has 3 heterocycles. The van der Waals surface area contributed by atoms with Gasteiger partial charge in [0.1, 0.15) is 11.4 Å². The quantitative estimate of drug-likeness (QED) is 0.534. The molecule has 0 aliphatic heterocycles. The Balaban J connectivity index is 1.48. The molecule has 0 radical (unpaired) electrons. The van der Waals surface area contributed by atoms with Crippen LogP contribution in [0.25, 0.3) is 0 Å². The number of rotatable bonds is 7. The lowest BCUT2D eigenvalue weighted by atomic mass is 9.87. The molecule has 0 saturated heterocycles. The van der Waals surface area contributed by atoms with Crippen molar-refractivity contribution in [3.05, 3.63) is 42.1 Å². The van der Waals surface area contributed by atoms with Gasteiger partial charge in [0.25, 0.3) is 6.43 Å². The molecule has 1 fully saturated rings. The van der Waals surface area contributed by atoms with Crippen LogP contribution in [0.3, 0.4) is 0 Å². The van der Waals surface area contributed by atoms with E-state index in [-0.39, 0.29) is 12.0 Å². The fourth-order valence-electron chi connectivity index (χ4n) is 3.46. The summed E-state index contributed by atoms with van der Waals surface area (Å²) in [7, 11) is 0. The summed E-state index contributed by atoms with van der Waals surface area (Å²) in [4.78, 5) is 7.43. The third-order valence-corrected chi connectivity index (χ3v) is 5.14. The predicted octanol–water partition coefficient (Wildman–Crippen LogP) is 4.19. The summed E-state index contributed by atoms with van der Waals surface area (Å²) in [5.41, 5.74) is 0.0573. The van der Waals surface area contributed by atoms with Gasteiger partial charge in [-0.2, -0.15) is 28.4 Å². The van der Waals surface area contributed by atoms with Crippen molar-refractivity contribution in [1.29, 1.82) is 0 Å². The van der Waals surface area contributed by atoms with Crippen molar-refractivity contribution in [2.45, 2.75) is 44.5 Å². The van der Waals surface area contributed by atoms with Gasteiger partial charge in [0, 0.05) is 18.6 Å². The average Bonchev–Trinajstić information content (AvgIpc) is 3.30. The Bertz CT molecular complexity index is 1020. The molecular formula is C18H19F5N8. The largest absolute Gasteiger partial charge is 0.421 e. The van der Waals surface area contributed by atoms with Gasteiger partial charge in [0.2, 0.25) is 5.95 Å². The van der Waals surface area contributed by atoms with E-state index in [4.69, 9.17) is 0 Å². The van der Waals surface area contributed by atoms with Gasteiger partial charge in [-0.25, -0.2) is 13.8 Å². The van der Waals surface area contributed by atoms with Crippen molar-refractivity contribution in [3.8, 4) is 0 Å². The molecule has 0 unspecified atom stereocenters. The molecule has 0 aromatic carbocycles. The fraction of sp³-hybridized carbons (Fsp3) is 0.444. The van der Waals surface area contributed by atoms with Crippen LogP contribution < -0.4 is 10.6 Å². The van der Waals surface area contributed by atoms with Gasteiger partial charge in [-0.15, -0.1) is 0 Å². The molecule has 166 valence electrons. The Hall–Kier alpha value is -3.25. The number of hydrogen-bond donors (Lipinski definition) is 2. The molecule has 1 aliphatic carbocycles. The fourth-order valence-corrected chi connectivity index (χ4v) is 3.46. The zero-order chi connectivity index (χ0) is 22.2. The highest BCUT2D eigenvalue weighted by Crippen LogP contribution is 2.42. The molecule has 3 aromatic heterocycles. The standard InChI is InChI=1S/C18H19F5N8/c1-10-14(8-27-31(10)12-5-11(6-12)30-4-2-3-26-30)28-17-25-7-13(18(21,22)23)16(29-17)24-9-15(19)20/h2-4,7-8,11-12,15H,5-6,9H2,1H3,(H2,24,25,28,29)/t11-,12-. The van der Waals surface area contributed by atoms with Crippen LogP contribution in [-0.2, 0) is 6.18 Å². The van der Waals surface area contributed by atoms with E-state index in [1.165, 1.54) is 6.20 Å². The van der Waals surface area contributed by atoms with Crippen LogP contribution in [0.4, 0.5) is 39.4 Å². The molecule has 1 aliphatic rings. The first-order chi connectivity index (χ1) is 14.7. The van der Waals surface area contributed by atoms with Crippen LogP contribution in [0.2, 0.25) is 0 Å². The van der Waals surface area contributed by atoms with Crippen LogP contribution in [0.5, 0.6) is 0 Å². The van der Waals surface area contributed by atoms with E-state index in [0.29, 0.717) is 17.9 Å². The van der Waals surface area contributed by atoms with Gasteiger partial charge in [-0.05, 0) is 25.8 Å². The van der Waals surface area contributed by atoms with Crippen LogP contribution in [-0.4, -0.2) is 42.5 Å². The van der Waals surface area contributed by atoms with Crippen molar-refractivity contribution in [1.82, 2.24) is 29.5 Å². The molecule has 0 amide bonds. The Morgan fingerprint density at radius 3 is 2.58 bits per heavy atom. The Morgan fingerprint density at radius 2 is 1.94 bits per heavy atom. The van der Waals surface area contributed by atoms with E-state index < -0.39 is 30.5 Å². The molecule has 0 atom stereocenters. The number of nitrogens with zero attached hydrogens (tertiary/aromatic N) is 6. The minimum Gasteiger partial charge on any atom is -0.364 e. The van der Waals surface area contributed by atoms with Gasteiger partial charge in [-0.1, -0.05) is 0 Å². The first-order valence-electron chi connectivity index (χ1n) is 9.49. The number of alkyl halides is 5. The number of hydrogen-bond acceptors (Lipinski definition) is 6. The first-order valence-corrected chi connectivity index (χ1v) is 9.49. The van der Waals surface area contributed by atoms with Crippen molar-refractivity contribution in [3.63, 3.8) is 0 Å². The molecule has 13 heteroatoms. The van der Waals surface area contributed by atoms with Crippen molar-refractivity contribution in [2.75, 3.05) is 17.2 Å². The van der Waals surface area contributed by atoms with Crippen LogP contribution in [0.1, 0.15) is 36.2 Å². The van der Waals surface area contributed by atoms with Gasteiger partial charge >= 0.3 is 6.18 Å². The lowest BCUT2D eigenvalue weighted by molar-refractivity contribution is -0.137. The Kier molecular flexibility index (Phi) is 5.50. The molecule has 2 N–H and O–H groups in total. The van der Waals surface area contributed by atoms with Crippen molar-refractivity contribution >= 4 is 17.5 Å². The summed E-state index contributed by atoms with van der Waals surface area (Å²) in [6.07, 6.45) is -0.188. The molecule has 8 nitrogen and oxygen atoms in total. The summed E-state index contributed by atoms with van der Waals surface area (Å²) in [5.74, 6) is -0.869. The summed E-state index contributed by atoms with van der Waals surface area (Å²) in [6, 6.07) is 2.33. The zero-order valence-corrected chi connectivity index (χ0v) is 16.3. The summed E-state index contributed by atoms with van der Waals surface area (Å²) in [6.45, 7) is 0.853. The second kappa shape index (κ2) is 8.12. The van der Waals surface area contributed by atoms with Gasteiger partial charge < -0.3 is 10.6 Å². The molecule has 31 heavy (non-hydrogen) atoms. The molecule has 4 rings (SSSR count). The van der Waals surface area contributed by atoms with Gasteiger partial charge in [0.05, 0.1) is 36.2 Å². The minimum absolute atomic E-state index is 0.157. The zero-order valence-electron chi connectivity index (χ0n) is 16.3. The number of nitrogens with one attached hydrogen (secondary N) is 2. The van der Waals surface area contributed by atoms with E-state index in [9.17, 15) is 22.0 Å². The second-order valence-electron chi connectivity index (χ2n) is 7.20. The monoisotopic (exact) mass is 442 g/mol. The van der Waals surface area contributed by atoms with Gasteiger partial charge in [0.15, 0.2) is 0 Å². The lowest BCUT2D eigenvalue weighted by Gasteiger charge is -2.36. The van der Waals surface area contributed by atoms with Crippen molar-refractivity contribution in [2.24, 2.45) is 0 Å². The third kappa shape index (κ3) is 4.44. The maximum Gasteiger partial charge on any atom is 0.421 e. The highest BCUT2D eigenvalue weighted by Gasteiger charge is 2.36. The molecular weight excluding hydrogens is 423 g/mol. The van der Waals surface area contributed by atoms with E-state index >= 15 is 0 Å². The maximum absolute atomic E-state index is 13.1. The predicted molar refractivity (Wildman–Crippen MR) is 101 cm³/mol. The number of halogens is 5. The SMILES string of the molecule is Cc1c(Nc2ncc(C(F)(F)F)c(NCC(F)F)n2)cnn1[C@H]1C[C@H](n2cccn2)C1. The Morgan fingerprint density at radius 1 is 1.16 bits per heavy atom. The minimum atomic E-state index is -4.78. The highest BCUT2D eigenvalue weighted by atomic mass is 19.4. The lowest BCUT2D eigenvalue weighted by Crippen LogP contribution is -2.30. The van der Waals surface area contributed by atoms with Crippen LogP contribution in [0.15, 0.2) is 30.9 Å². The van der Waals surface area contributed by atoms with E-state index in [1.807, 2.05) is 33.9 Å². The van der Waals surface area contributed by atoms with Crippen LogP contribution in [0, 0.1) is 6.92 Å². The first kappa shape index (κ1) is 21.0. The smallest absolute Gasteiger partial charge is 0.364 e. The second-order valence-corrected chi connectivity index (χ2v) is 7.20. The molecule has 0 bridgehead atoms. The van der Waals surface area contributed by atoms with E-state index in [1.54, 1.807) is 6.20 Å². The van der Waals surface area contributed by atoms with Crippen molar-refractivity contribution < 1.29 is 22.0 Å². The summed E-state index contributed by atoms with van der Waals surface area (Å²) < 4.78 is 68.0. The third-order valence-electron chi connectivity index (χ3n) is 5.14. The van der Waals surface area contributed by atoms with Crippen LogP contribution >= 0.6 is 0 Å². The number of anilines is 3. The van der Waals surface area contributed by atoms with Gasteiger partial charge in [-0.3, -0.25) is 9.36 Å². The summed E-state index contributed by atoms with van der Waals surface area (Å²) in [5, 5.41) is 13.4. The Labute approximate surface area is 173 Å². The molecule has 3 aromatic rings. The summed E-state index contributed by atoms with van der Waals surface area (Å²) >= 11 is 0. The maximum atomic E-state index is 13.1. The van der Waals surface area contributed by atoms with E-state index in [0.717, 1.165) is 18.5 Å². The highest BCUT2D eigenvalue weighted by molar-refractivity contribution is 5.58. The number of aromatic nitrogens is 6. The molecule has 0 spiro atoms. The van der Waals surface area contributed by atoms with E-state index in [2.05, 4.69) is 25.5 Å².